The standard InChI is InChI=1S/C16H15Cl2N3O2S/c1-21(16(23)15-10(17)7-8-13(18)20-15)9-14(22)19-11-5-3-4-6-12(11)24-2/h3-8H,9H2,1-2H3,(H,19,22). The van der Waals surface area contributed by atoms with Crippen LogP contribution in [0.15, 0.2) is 41.3 Å². The Balaban J connectivity index is 2.06. The molecule has 8 heteroatoms. The SMILES string of the molecule is CSc1ccccc1NC(=O)CN(C)C(=O)c1nc(Cl)ccc1Cl. The number of likely N-dealkylation sites (N-methyl/N-ethyl adjacent to an activating group) is 1. The van der Waals surface area contributed by atoms with Gasteiger partial charge >= 0.3 is 0 Å². The first-order chi connectivity index (χ1) is 11.4. The lowest BCUT2D eigenvalue weighted by Gasteiger charge is -2.17. The van der Waals surface area contributed by atoms with Crippen LogP contribution in [-0.2, 0) is 4.79 Å². The average molecular weight is 384 g/mol. The van der Waals surface area contributed by atoms with Crippen LogP contribution < -0.4 is 5.32 Å². The maximum Gasteiger partial charge on any atom is 0.274 e. The van der Waals surface area contributed by atoms with Gasteiger partial charge in [-0.15, -0.1) is 11.8 Å². The molecule has 0 unspecified atom stereocenters. The number of pyridine rings is 1. The topological polar surface area (TPSA) is 62.3 Å². The molecule has 1 aromatic heterocycles. The number of thioether (sulfide) groups is 1. The van der Waals surface area contributed by atoms with E-state index >= 15 is 0 Å². The van der Waals surface area contributed by atoms with E-state index < -0.39 is 5.91 Å². The highest BCUT2D eigenvalue weighted by molar-refractivity contribution is 7.98. The van der Waals surface area contributed by atoms with E-state index in [9.17, 15) is 9.59 Å². The number of hydrogen-bond acceptors (Lipinski definition) is 4. The third-order valence-electron chi connectivity index (χ3n) is 3.12. The molecule has 0 atom stereocenters. The van der Waals surface area contributed by atoms with Crippen molar-refractivity contribution >= 4 is 52.5 Å². The normalized spacial score (nSPS) is 10.3. The molecule has 0 bridgehead atoms. The average Bonchev–Trinajstić information content (AvgIpc) is 2.56. The highest BCUT2D eigenvalue weighted by atomic mass is 35.5. The van der Waals surface area contributed by atoms with Crippen LogP contribution in [-0.4, -0.2) is 41.5 Å². The number of rotatable bonds is 5. The van der Waals surface area contributed by atoms with Crippen LogP contribution in [0, 0.1) is 0 Å². The second-order valence-electron chi connectivity index (χ2n) is 4.87. The Hall–Kier alpha value is -1.76. The summed E-state index contributed by atoms with van der Waals surface area (Å²) in [4.78, 5) is 30.7. The number of amides is 2. The highest BCUT2D eigenvalue weighted by Gasteiger charge is 2.20. The van der Waals surface area contributed by atoms with Gasteiger partial charge in [0.25, 0.3) is 5.91 Å². The minimum atomic E-state index is -0.476. The molecule has 1 heterocycles. The largest absolute Gasteiger partial charge is 0.331 e. The summed E-state index contributed by atoms with van der Waals surface area (Å²) in [5.74, 6) is -0.790. The van der Waals surface area contributed by atoms with Gasteiger partial charge in [-0.3, -0.25) is 9.59 Å². The van der Waals surface area contributed by atoms with E-state index in [-0.39, 0.29) is 28.3 Å². The zero-order valence-electron chi connectivity index (χ0n) is 13.0. The lowest BCUT2D eigenvalue weighted by Crippen LogP contribution is -2.35. The number of benzene rings is 1. The van der Waals surface area contributed by atoms with Crippen molar-refractivity contribution in [3.8, 4) is 0 Å². The molecule has 0 saturated carbocycles. The fourth-order valence-corrected chi connectivity index (χ4v) is 2.86. The molecule has 0 aliphatic heterocycles. The fourth-order valence-electron chi connectivity index (χ4n) is 1.97. The first-order valence-corrected chi connectivity index (χ1v) is 8.91. The number of hydrogen-bond donors (Lipinski definition) is 1. The second kappa shape index (κ2) is 8.37. The van der Waals surface area contributed by atoms with Gasteiger partial charge in [0.2, 0.25) is 5.91 Å². The summed E-state index contributed by atoms with van der Waals surface area (Å²) in [5, 5.41) is 3.14. The van der Waals surface area contributed by atoms with Gasteiger partial charge < -0.3 is 10.2 Å². The predicted octanol–water partition coefficient (Wildman–Crippen LogP) is 3.82. The smallest absolute Gasteiger partial charge is 0.274 e. The van der Waals surface area contributed by atoms with Gasteiger partial charge in [-0.25, -0.2) is 4.98 Å². The van der Waals surface area contributed by atoms with Crippen molar-refractivity contribution in [1.82, 2.24) is 9.88 Å². The van der Waals surface area contributed by atoms with Gasteiger partial charge in [-0.05, 0) is 30.5 Å². The summed E-state index contributed by atoms with van der Waals surface area (Å²) < 4.78 is 0. The van der Waals surface area contributed by atoms with Crippen LogP contribution in [0.5, 0.6) is 0 Å². The third kappa shape index (κ3) is 4.63. The molecular formula is C16H15Cl2N3O2S. The van der Waals surface area contributed by atoms with Crippen LogP contribution in [0.4, 0.5) is 5.69 Å². The van der Waals surface area contributed by atoms with Gasteiger partial charge in [0, 0.05) is 11.9 Å². The van der Waals surface area contributed by atoms with Crippen LogP contribution in [0.1, 0.15) is 10.5 Å². The molecule has 0 fully saturated rings. The lowest BCUT2D eigenvalue weighted by molar-refractivity contribution is -0.116. The summed E-state index contributed by atoms with van der Waals surface area (Å²) in [6.07, 6.45) is 1.92. The van der Waals surface area contributed by atoms with E-state index in [2.05, 4.69) is 10.3 Å². The highest BCUT2D eigenvalue weighted by Crippen LogP contribution is 2.24. The lowest BCUT2D eigenvalue weighted by atomic mass is 10.3. The number of aromatic nitrogens is 1. The minimum Gasteiger partial charge on any atom is -0.331 e. The summed E-state index contributed by atoms with van der Waals surface area (Å²) in [6.45, 7) is -0.133. The van der Waals surface area contributed by atoms with Crippen molar-refractivity contribution < 1.29 is 9.59 Å². The van der Waals surface area contributed by atoms with E-state index in [1.807, 2.05) is 24.5 Å². The molecule has 0 radical (unpaired) electrons. The molecule has 2 aromatic rings. The van der Waals surface area contributed by atoms with Crippen LogP contribution >= 0.6 is 35.0 Å². The second-order valence-corrected chi connectivity index (χ2v) is 6.52. The summed E-state index contributed by atoms with van der Waals surface area (Å²) in [5.41, 5.74) is 0.721. The molecule has 0 spiro atoms. The number of halogens is 2. The Kier molecular flexibility index (Phi) is 6.48. The number of carbonyl (C=O) groups is 2. The Bertz CT molecular complexity index is 771. The number of para-hydroxylation sites is 1. The van der Waals surface area contributed by atoms with Crippen molar-refractivity contribution in [1.29, 1.82) is 0 Å². The van der Waals surface area contributed by atoms with Crippen LogP contribution in [0.3, 0.4) is 0 Å². The number of anilines is 1. The third-order valence-corrected chi connectivity index (χ3v) is 4.43. The van der Waals surface area contributed by atoms with Crippen LogP contribution in [0.25, 0.3) is 0 Å². The zero-order valence-corrected chi connectivity index (χ0v) is 15.4. The summed E-state index contributed by atoms with van der Waals surface area (Å²) in [6, 6.07) is 10.4. The summed E-state index contributed by atoms with van der Waals surface area (Å²) >= 11 is 13.3. The van der Waals surface area contributed by atoms with Crippen molar-refractivity contribution in [2.75, 3.05) is 25.2 Å². The van der Waals surface area contributed by atoms with Gasteiger partial charge in [0.1, 0.15) is 10.8 Å². The molecule has 24 heavy (non-hydrogen) atoms. The molecule has 0 saturated heterocycles. The van der Waals surface area contributed by atoms with Crippen molar-refractivity contribution in [3.05, 3.63) is 52.3 Å². The number of nitrogens with zero attached hydrogens (tertiary/aromatic N) is 2. The number of nitrogens with one attached hydrogen (secondary N) is 1. The van der Waals surface area contributed by atoms with Gasteiger partial charge in [-0.2, -0.15) is 0 Å². The molecule has 1 aromatic carbocycles. The summed E-state index contributed by atoms with van der Waals surface area (Å²) in [7, 11) is 1.50. The molecule has 0 aliphatic carbocycles. The van der Waals surface area contributed by atoms with Crippen molar-refractivity contribution in [2.24, 2.45) is 0 Å². The van der Waals surface area contributed by atoms with E-state index in [1.54, 1.807) is 6.07 Å². The quantitative estimate of drug-likeness (QED) is 0.629. The molecule has 5 nitrogen and oxygen atoms in total. The Labute approximate surface area is 154 Å². The molecule has 1 N–H and O–H groups in total. The maximum absolute atomic E-state index is 12.4. The minimum absolute atomic E-state index is 0.0176. The Morgan fingerprint density at radius 3 is 2.62 bits per heavy atom. The number of carbonyl (C=O) groups excluding carboxylic acids is 2. The van der Waals surface area contributed by atoms with Gasteiger partial charge in [0.15, 0.2) is 0 Å². The van der Waals surface area contributed by atoms with Gasteiger partial charge in [0.05, 0.1) is 17.3 Å². The van der Waals surface area contributed by atoms with Crippen molar-refractivity contribution in [3.63, 3.8) is 0 Å². The Morgan fingerprint density at radius 2 is 1.92 bits per heavy atom. The molecule has 0 aliphatic rings. The monoisotopic (exact) mass is 383 g/mol. The van der Waals surface area contributed by atoms with E-state index in [0.717, 1.165) is 4.90 Å². The first kappa shape index (κ1) is 18.6. The fraction of sp³-hybridized carbons (Fsp3) is 0.188. The molecular weight excluding hydrogens is 369 g/mol. The van der Waals surface area contributed by atoms with E-state index in [0.29, 0.717) is 5.69 Å². The zero-order chi connectivity index (χ0) is 17.7. The molecule has 2 amide bonds. The predicted molar refractivity (Wildman–Crippen MR) is 98.1 cm³/mol. The molecule has 126 valence electrons. The Morgan fingerprint density at radius 1 is 1.21 bits per heavy atom. The van der Waals surface area contributed by atoms with Crippen LogP contribution in [0.2, 0.25) is 10.2 Å². The van der Waals surface area contributed by atoms with E-state index in [1.165, 1.54) is 35.8 Å². The van der Waals surface area contributed by atoms with Gasteiger partial charge in [-0.1, -0.05) is 35.3 Å². The van der Waals surface area contributed by atoms with Crippen molar-refractivity contribution in [2.45, 2.75) is 4.90 Å². The molecule has 2 rings (SSSR count). The first-order valence-electron chi connectivity index (χ1n) is 6.92. The maximum atomic E-state index is 12.4. The van der Waals surface area contributed by atoms with E-state index in [4.69, 9.17) is 23.2 Å².